The quantitative estimate of drug-likeness (QED) is 0.498. The fourth-order valence-electron chi connectivity index (χ4n) is 3.73. The highest BCUT2D eigenvalue weighted by molar-refractivity contribution is 6.46. The van der Waals surface area contributed by atoms with Gasteiger partial charge in [-0.3, -0.25) is 9.59 Å². The molecular formula is C25H19ClF2N2O2. The molecule has 1 N–H and O–H groups in total. The minimum absolute atomic E-state index is 0.00366. The van der Waals surface area contributed by atoms with Gasteiger partial charge in [0, 0.05) is 16.8 Å². The van der Waals surface area contributed by atoms with E-state index in [4.69, 9.17) is 11.6 Å². The number of halogens is 3. The Morgan fingerprint density at radius 2 is 1.59 bits per heavy atom. The summed E-state index contributed by atoms with van der Waals surface area (Å²) >= 11 is 6.12. The standard InChI is InChI=1S/C25H19ClF2N2O2/c1-13-4-8-18(15(3)10-13)22-23(29-20-11-16(26)6-5-14(20)2)25(32)30(24(22)31)21-9-7-17(27)12-19(21)28/h4-12,29H,1-3H3. The van der Waals surface area contributed by atoms with Crippen LogP contribution in [0, 0.1) is 32.4 Å². The number of carbonyl (C=O) groups excluding carboxylic acids is 2. The van der Waals surface area contributed by atoms with Gasteiger partial charge in [0.25, 0.3) is 11.8 Å². The SMILES string of the molecule is Cc1ccc(C2=C(Nc3cc(Cl)ccc3C)C(=O)N(c3ccc(F)cc3F)C2=O)c(C)c1. The molecular weight excluding hydrogens is 434 g/mol. The zero-order chi connectivity index (χ0) is 23.2. The smallest absolute Gasteiger partial charge is 0.282 e. The summed E-state index contributed by atoms with van der Waals surface area (Å²) in [6.45, 7) is 5.58. The fraction of sp³-hybridized carbons (Fsp3) is 0.120. The van der Waals surface area contributed by atoms with Crippen molar-refractivity contribution in [2.24, 2.45) is 0 Å². The van der Waals surface area contributed by atoms with Crippen LogP contribution in [0.15, 0.2) is 60.3 Å². The van der Waals surface area contributed by atoms with Crippen molar-refractivity contribution in [3.8, 4) is 0 Å². The van der Waals surface area contributed by atoms with Crippen molar-refractivity contribution in [3.05, 3.63) is 99.2 Å². The number of hydrogen-bond donors (Lipinski definition) is 1. The number of benzene rings is 3. The van der Waals surface area contributed by atoms with Gasteiger partial charge in [-0.2, -0.15) is 0 Å². The molecule has 1 heterocycles. The predicted octanol–water partition coefficient (Wildman–Crippen LogP) is 5.94. The molecule has 3 aromatic rings. The van der Waals surface area contributed by atoms with Crippen molar-refractivity contribution < 1.29 is 18.4 Å². The summed E-state index contributed by atoms with van der Waals surface area (Å²) in [5.41, 5.74) is 3.44. The second-order valence-electron chi connectivity index (χ2n) is 7.69. The number of nitrogens with one attached hydrogen (secondary N) is 1. The van der Waals surface area contributed by atoms with Crippen molar-refractivity contribution in [2.45, 2.75) is 20.8 Å². The maximum atomic E-state index is 14.5. The lowest BCUT2D eigenvalue weighted by atomic mass is 9.97. The molecule has 162 valence electrons. The first-order chi connectivity index (χ1) is 15.2. The summed E-state index contributed by atoms with van der Waals surface area (Å²) in [5, 5.41) is 3.49. The third-order valence-electron chi connectivity index (χ3n) is 5.35. The second-order valence-corrected chi connectivity index (χ2v) is 8.13. The Labute approximate surface area is 189 Å². The minimum Gasteiger partial charge on any atom is -0.350 e. The number of hydrogen-bond acceptors (Lipinski definition) is 3. The molecule has 3 aromatic carbocycles. The minimum atomic E-state index is -1.01. The number of carbonyl (C=O) groups is 2. The Kier molecular flexibility index (Phi) is 5.57. The normalized spacial score (nSPS) is 13.9. The van der Waals surface area contributed by atoms with E-state index in [0.717, 1.165) is 33.7 Å². The van der Waals surface area contributed by atoms with Crippen molar-refractivity contribution in [1.82, 2.24) is 0 Å². The van der Waals surface area contributed by atoms with Gasteiger partial charge in [-0.1, -0.05) is 41.4 Å². The molecule has 0 spiro atoms. The first-order valence-electron chi connectivity index (χ1n) is 9.86. The first kappa shape index (κ1) is 21.7. The highest BCUT2D eigenvalue weighted by atomic mass is 35.5. The maximum absolute atomic E-state index is 14.5. The van der Waals surface area contributed by atoms with Gasteiger partial charge in [-0.25, -0.2) is 13.7 Å². The van der Waals surface area contributed by atoms with E-state index in [0.29, 0.717) is 22.3 Å². The lowest BCUT2D eigenvalue weighted by Crippen LogP contribution is -2.33. The van der Waals surface area contributed by atoms with Crippen molar-refractivity contribution in [3.63, 3.8) is 0 Å². The Bertz CT molecular complexity index is 1320. The van der Waals surface area contributed by atoms with Crippen LogP contribution in [0.3, 0.4) is 0 Å². The zero-order valence-electron chi connectivity index (χ0n) is 17.6. The number of aryl methyl sites for hydroxylation is 3. The molecule has 4 rings (SSSR count). The van der Waals surface area contributed by atoms with Crippen molar-refractivity contribution in [1.29, 1.82) is 0 Å². The van der Waals surface area contributed by atoms with Gasteiger partial charge >= 0.3 is 0 Å². The molecule has 0 radical (unpaired) electrons. The van der Waals surface area contributed by atoms with E-state index in [1.807, 2.05) is 32.9 Å². The molecule has 0 unspecified atom stereocenters. The largest absolute Gasteiger partial charge is 0.350 e. The van der Waals surface area contributed by atoms with Crippen LogP contribution in [0.2, 0.25) is 5.02 Å². The van der Waals surface area contributed by atoms with E-state index < -0.39 is 23.4 Å². The van der Waals surface area contributed by atoms with E-state index in [1.54, 1.807) is 24.3 Å². The van der Waals surface area contributed by atoms with Gasteiger partial charge in [0.2, 0.25) is 0 Å². The molecule has 1 aliphatic heterocycles. The van der Waals surface area contributed by atoms with Crippen LogP contribution < -0.4 is 10.2 Å². The number of anilines is 2. The van der Waals surface area contributed by atoms with Crippen molar-refractivity contribution in [2.75, 3.05) is 10.2 Å². The summed E-state index contributed by atoms with van der Waals surface area (Å²) < 4.78 is 28.0. The van der Waals surface area contributed by atoms with Crippen LogP contribution in [0.4, 0.5) is 20.2 Å². The summed E-state index contributed by atoms with van der Waals surface area (Å²) in [5.74, 6) is -3.25. The Hall–Kier alpha value is -3.51. The molecule has 1 aliphatic rings. The van der Waals surface area contributed by atoms with E-state index in [-0.39, 0.29) is 17.0 Å². The predicted molar refractivity (Wildman–Crippen MR) is 121 cm³/mol. The molecule has 0 aromatic heterocycles. The van der Waals surface area contributed by atoms with Gasteiger partial charge < -0.3 is 5.32 Å². The Morgan fingerprint density at radius 1 is 0.844 bits per heavy atom. The van der Waals surface area contributed by atoms with Crippen LogP contribution in [0.1, 0.15) is 22.3 Å². The number of imide groups is 1. The van der Waals surface area contributed by atoms with Gasteiger partial charge in [0.15, 0.2) is 0 Å². The molecule has 0 bridgehead atoms. The van der Waals surface area contributed by atoms with Crippen LogP contribution in [0.5, 0.6) is 0 Å². The third-order valence-corrected chi connectivity index (χ3v) is 5.58. The molecule has 0 fully saturated rings. The van der Waals surface area contributed by atoms with Gasteiger partial charge in [0.05, 0.1) is 11.3 Å². The van der Waals surface area contributed by atoms with Gasteiger partial charge in [-0.15, -0.1) is 0 Å². The maximum Gasteiger partial charge on any atom is 0.282 e. The molecule has 7 heteroatoms. The second kappa shape index (κ2) is 8.20. The lowest BCUT2D eigenvalue weighted by Gasteiger charge is -2.16. The highest BCUT2D eigenvalue weighted by Gasteiger charge is 2.42. The number of amides is 2. The molecule has 0 atom stereocenters. The Balaban J connectivity index is 1.90. The van der Waals surface area contributed by atoms with E-state index in [2.05, 4.69) is 5.32 Å². The third kappa shape index (κ3) is 3.78. The first-order valence-corrected chi connectivity index (χ1v) is 10.2. The topological polar surface area (TPSA) is 49.4 Å². The van der Waals surface area contributed by atoms with E-state index in [1.165, 1.54) is 0 Å². The zero-order valence-corrected chi connectivity index (χ0v) is 18.3. The van der Waals surface area contributed by atoms with E-state index >= 15 is 0 Å². The summed E-state index contributed by atoms with van der Waals surface area (Å²) in [7, 11) is 0. The summed E-state index contributed by atoms with van der Waals surface area (Å²) in [6, 6.07) is 13.3. The lowest BCUT2D eigenvalue weighted by molar-refractivity contribution is -0.120. The summed E-state index contributed by atoms with van der Waals surface area (Å²) in [4.78, 5) is 27.6. The number of nitrogens with zero attached hydrogens (tertiary/aromatic N) is 1. The molecule has 0 saturated heterocycles. The number of rotatable bonds is 4. The molecule has 2 amide bonds. The Morgan fingerprint density at radius 3 is 2.28 bits per heavy atom. The molecule has 0 aliphatic carbocycles. The molecule has 0 saturated carbocycles. The van der Waals surface area contributed by atoms with Crippen LogP contribution >= 0.6 is 11.6 Å². The highest BCUT2D eigenvalue weighted by Crippen LogP contribution is 2.37. The monoisotopic (exact) mass is 452 g/mol. The fourth-order valence-corrected chi connectivity index (χ4v) is 3.91. The summed E-state index contributed by atoms with van der Waals surface area (Å²) in [6.07, 6.45) is 0. The van der Waals surface area contributed by atoms with Crippen LogP contribution in [-0.4, -0.2) is 11.8 Å². The average molecular weight is 453 g/mol. The average Bonchev–Trinajstić information content (AvgIpc) is 2.95. The van der Waals surface area contributed by atoms with Gasteiger partial charge in [0.1, 0.15) is 17.3 Å². The van der Waals surface area contributed by atoms with Crippen molar-refractivity contribution >= 4 is 40.4 Å². The molecule has 4 nitrogen and oxygen atoms in total. The van der Waals surface area contributed by atoms with E-state index in [9.17, 15) is 18.4 Å². The van der Waals surface area contributed by atoms with Crippen LogP contribution in [0.25, 0.3) is 5.57 Å². The van der Waals surface area contributed by atoms with Crippen LogP contribution in [-0.2, 0) is 9.59 Å². The van der Waals surface area contributed by atoms with Gasteiger partial charge in [-0.05, 0) is 61.7 Å². The molecule has 32 heavy (non-hydrogen) atoms.